The molecule has 0 amide bonds. The number of hydrogen-bond donors (Lipinski definition) is 0. The quantitative estimate of drug-likeness (QED) is 0.731. The molecule has 0 aliphatic rings. The lowest BCUT2D eigenvalue weighted by atomic mass is 10.2. The van der Waals surface area contributed by atoms with Crippen molar-refractivity contribution < 1.29 is 4.43 Å². The van der Waals surface area contributed by atoms with Crippen LogP contribution in [0.5, 0.6) is 0 Å². The number of hydrogen-bond acceptors (Lipinski definition) is 3. The molecule has 2 rings (SSSR count). The number of aromatic nitrogens is 3. The summed E-state index contributed by atoms with van der Waals surface area (Å²) in [6, 6.07) is 1.74. The van der Waals surface area contributed by atoms with Crippen LogP contribution in [0.1, 0.15) is 26.5 Å². The predicted octanol–water partition coefficient (Wildman–Crippen LogP) is 4.67. The van der Waals surface area contributed by atoms with E-state index in [0.29, 0.717) is 11.8 Å². The maximum Gasteiger partial charge on any atom is 0.192 e. The fourth-order valence-corrected chi connectivity index (χ4v) is 3.25. The number of halogens is 2. The molecule has 0 radical (unpaired) electrons. The van der Waals surface area contributed by atoms with Gasteiger partial charge in [0.15, 0.2) is 19.1 Å². The first-order valence-corrected chi connectivity index (χ1v) is 10.5. The van der Waals surface area contributed by atoms with E-state index in [1.54, 1.807) is 10.6 Å². The zero-order valence-electron chi connectivity index (χ0n) is 12.4. The van der Waals surface area contributed by atoms with Gasteiger partial charge in [0.25, 0.3) is 0 Å². The van der Waals surface area contributed by atoms with E-state index in [4.69, 9.17) is 16.0 Å². The second-order valence-electron chi connectivity index (χ2n) is 6.36. The fourth-order valence-electron chi connectivity index (χ4n) is 1.50. The van der Waals surface area contributed by atoms with Gasteiger partial charge in [0.2, 0.25) is 0 Å². The third-order valence-corrected chi connectivity index (χ3v) is 9.03. The van der Waals surface area contributed by atoms with Crippen molar-refractivity contribution in [2.45, 2.75) is 45.5 Å². The second-order valence-corrected chi connectivity index (χ2v) is 12.4. The molecule has 2 aromatic heterocycles. The summed E-state index contributed by atoms with van der Waals surface area (Å²) in [6.45, 7) is 11.6. The smallest absolute Gasteiger partial charge is 0.192 e. The van der Waals surface area contributed by atoms with Crippen LogP contribution in [0.2, 0.25) is 23.3 Å². The molecule has 2 heterocycles. The summed E-state index contributed by atoms with van der Waals surface area (Å²) in [6.07, 6.45) is 1.86. The van der Waals surface area contributed by atoms with Gasteiger partial charge in [-0.1, -0.05) is 32.4 Å². The van der Waals surface area contributed by atoms with Crippen molar-refractivity contribution in [3.8, 4) is 0 Å². The van der Waals surface area contributed by atoms with Crippen LogP contribution in [0.25, 0.3) is 5.65 Å². The standard InChI is InChI=1S/C13H19BrClN3OSi/c1-13(2,3)20(4,5)19-8-9-7-18-12(16-9)10(14)6-11(15)17-18/h6-7H,8H2,1-5H3. The largest absolute Gasteiger partial charge is 0.411 e. The Morgan fingerprint density at radius 3 is 2.65 bits per heavy atom. The average molecular weight is 377 g/mol. The Hall–Kier alpha value is -0.433. The first kappa shape index (κ1) is 15.9. The molecule has 4 nitrogen and oxygen atoms in total. The van der Waals surface area contributed by atoms with Gasteiger partial charge >= 0.3 is 0 Å². The fraction of sp³-hybridized carbons (Fsp3) is 0.538. The highest BCUT2D eigenvalue weighted by Crippen LogP contribution is 2.37. The van der Waals surface area contributed by atoms with E-state index in [1.165, 1.54) is 0 Å². The van der Waals surface area contributed by atoms with Crippen LogP contribution >= 0.6 is 27.5 Å². The SMILES string of the molecule is CC(C)(C)[Si](C)(C)OCc1cn2nc(Cl)cc(Br)c2n1. The molecule has 0 aliphatic heterocycles. The summed E-state index contributed by atoms with van der Waals surface area (Å²) >= 11 is 9.37. The normalized spacial score (nSPS) is 13.2. The molecule has 0 spiro atoms. The van der Waals surface area contributed by atoms with Crippen molar-refractivity contribution in [3.63, 3.8) is 0 Å². The van der Waals surface area contributed by atoms with E-state index in [1.807, 2.05) is 6.20 Å². The van der Waals surface area contributed by atoms with Crippen LogP contribution in [0.3, 0.4) is 0 Å². The summed E-state index contributed by atoms with van der Waals surface area (Å²) in [7, 11) is -1.77. The van der Waals surface area contributed by atoms with Crippen LogP contribution in [-0.4, -0.2) is 22.9 Å². The molecule has 0 aromatic carbocycles. The zero-order valence-corrected chi connectivity index (χ0v) is 15.7. The highest BCUT2D eigenvalue weighted by molar-refractivity contribution is 9.10. The summed E-state index contributed by atoms with van der Waals surface area (Å²) in [5.74, 6) is 0. The van der Waals surface area contributed by atoms with Crippen LogP contribution in [0.4, 0.5) is 0 Å². The Kier molecular flexibility index (Phi) is 4.31. The predicted molar refractivity (Wildman–Crippen MR) is 87.7 cm³/mol. The van der Waals surface area contributed by atoms with Crippen LogP contribution in [-0.2, 0) is 11.0 Å². The minimum Gasteiger partial charge on any atom is -0.411 e. The number of nitrogens with zero attached hydrogens (tertiary/aromatic N) is 3. The minimum atomic E-state index is -1.77. The van der Waals surface area contributed by atoms with Gasteiger partial charge in [0, 0.05) is 0 Å². The summed E-state index contributed by atoms with van der Waals surface area (Å²) in [4.78, 5) is 4.53. The van der Waals surface area contributed by atoms with Crippen molar-refractivity contribution in [1.82, 2.24) is 14.6 Å². The number of rotatable bonds is 3. The molecule has 0 atom stereocenters. The lowest BCUT2D eigenvalue weighted by Gasteiger charge is -2.35. The van der Waals surface area contributed by atoms with Gasteiger partial charge in [-0.3, -0.25) is 0 Å². The van der Waals surface area contributed by atoms with Gasteiger partial charge in [-0.2, -0.15) is 5.10 Å². The summed E-state index contributed by atoms with van der Waals surface area (Å²) in [5, 5.41) is 4.81. The van der Waals surface area contributed by atoms with E-state index in [2.05, 4.69) is 59.9 Å². The second kappa shape index (κ2) is 5.40. The molecule has 20 heavy (non-hydrogen) atoms. The van der Waals surface area contributed by atoms with Crippen molar-refractivity contribution in [2.75, 3.05) is 0 Å². The van der Waals surface area contributed by atoms with Gasteiger partial charge in [0.05, 0.1) is 23.0 Å². The van der Waals surface area contributed by atoms with Crippen LogP contribution in [0, 0.1) is 0 Å². The van der Waals surface area contributed by atoms with Crippen LogP contribution in [0.15, 0.2) is 16.7 Å². The van der Waals surface area contributed by atoms with Gasteiger partial charge in [-0.05, 0) is 40.1 Å². The molecule has 0 unspecified atom stereocenters. The molecule has 0 bridgehead atoms. The molecule has 0 fully saturated rings. The monoisotopic (exact) mass is 375 g/mol. The van der Waals surface area contributed by atoms with Gasteiger partial charge in [0.1, 0.15) is 0 Å². The Morgan fingerprint density at radius 2 is 2.05 bits per heavy atom. The minimum absolute atomic E-state index is 0.189. The number of fused-ring (bicyclic) bond motifs is 1. The highest BCUT2D eigenvalue weighted by Gasteiger charge is 2.37. The summed E-state index contributed by atoms with van der Waals surface area (Å²) < 4.78 is 8.67. The van der Waals surface area contributed by atoms with Crippen molar-refractivity contribution in [2.24, 2.45) is 0 Å². The van der Waals surface area contributed by atoms with Crippen LogP contribution < -0.4 is 0 Å². The Labute approximate surface area is 133 Å². The van der Waals surface area contributed by atoms with E-state index in [0.717, 1.165) is 15.8 Å². The van der Waals surface area contributed by atoms with E-state index in [9.17, 15) is 0 Å². The average Bonchev–Trinajstić information content (AvgIpc) is 2.68. The van der Waals surface area contributed by atoms with E-state index in [-0.39, 0.29) is 5.04 Å². The van der Waals surface area contributed by atoms with Gasteiger partial charge in [-0.15, -0.1) is 0 Å². The topological polar surface area (TPSA) is 39.4 Å². The third kappa shape index (κ3) is 3.24. The third-order valence-electron chi connectivity index (χ3n) is 3.79. The molecule has 0 saturated heterocycles. The molecule has 7 heteroatoms. The molecule has 0 N–H and O–H groups in total. The van der Waals surface area contributed by atoms with Crippen molar-refractivity contribution in [1.29, 1.82) is 0 Å². The number of imidazole rings is 1. The Bertz CT molecular complexity index is 636. The molecule has 110 valence electrons. The van der Waals surface area contributed by atoms with E-state index >= 15 is 0 Å². The molecule has 2 aromatic rings. The highest BCUT2D eigenvalue weighted by atomic mass is 79.9. The Morgan fingerprint density at radius 1 is 1.40 bits per heavy atom. The van der Waals surface area contributed by atoms with Crippen molar-refractivity contribution in [3.05, 3.63) is 27.6 Å². The summed E-state index contributed by atoms with van der Waals surface area (Å²) in [5.41, 5.74) is 1.62. The first-order valence-electron chi connectivity index (χ1n) is 6.44. The lowest BCUT2D eigenvalue weighted by molar-refractivity contribution is 0.272. The maximum absolute atomic E-state index is 6.17. The molecule has 0 aliphatic carbocycles. The first-order chi connectivity index (χ1) is 9.10. The lowest BCUT2D eigenvalue weighted by Crippen LogP contribution is -2.40. The molecular formula is C13H19BrClN3OSi. The zero-order chi connectivity index (χ0) is 15.1. The maximum atomic E-state index is 6.17. The van der Waals surface area contributed by atoms with Gasteiger partial charge < -0.3 is 4.43 Å². The molecular weight excluding hydrogens is 358 g/mol. The van der Waals surface area contributed by atoms with Gasteiger partial charge in [-0.25, -0.2) is 9.50 Å². The van der Waals surface area contributed by atoms with Crippen molar-refractivity contribution >= 4 is 41.5 Å². The van der Waals surface area contributed by atoms with E-state index < -0.39 is 8.32 Å². The Balaban J connectivity index is 2.21. The molecule has 0 saturated carbocycles.